The van der Waals surface area contributed by atoms with E-state index in [4.69, 9.17) is 10.2 Å². The molecule has 1 amide bonds. The average molecular weight is 550 g/mol. The summed E-state index contributed by atoms with van der Waals surface area (Å²) in [6, 6.07) is 8.69. The molecule has 1 aromatic carbocycles. The maximum Gasteiger partial charge on any atom is 0.416 e. The molecule has 31 heavy (non-hydrogen) atoms. The first-order valence-electron chi connectivity index (χ1n) is 9.82. The lowest BCUT2D eigenvalue weighted by atomic mass is 9.64. The molecule has 4 N–H and O–H groups in total. The zero-order chi connectivity index (χ0) is 21.8. The Labute approximate surface area is 195 Å². The van der Waals surface area contributed by atoms with Gasteiger partial charge in [0.25, 0.3) is 5.91 Å². The van der Waals surface area contributed by atoms with Crippen LogP contribution in [0, 0.1) is 0 Å². The number of carbonyl (C=O) groups excluding carboxylic acids is 1. The Bertz CT molecular complexity index is 923. The van der Waals surface area contributed by atoms with Crippen molar-refractivity contribution in [2.24, 2.45) is 10.7 Å². The van der Waals surface area contributed by atoms with Crippen molar-refractivity contribution in [3.05, 3.63) is 59.0 Å². The van der Waals surface area contributed by atoms with Gasteiger partial charge in [-0.25, -0.2) is 4.99 Å². The van der Waals surface area contributed by atoms with Crippen LogP contribution in [0.3, 0.4) is 0 Å². The first kappa shape index (κ1) is 25.0. The van der Waals surface area contributed by atoms with Crippen molar-refractivity contribution in [3.63, 3.8) is 0 Å². The second-order valence-electron chi connectivity index (χ2n) is 7.39. The minimum atomic E-state index is -4.36. The normalized spacial score (nSPS) is 15.5. The van der Waals surface area contributed by atoms with Crippen molar-refractivity contribution in [1.29, 1.82) is 0 Å². The number of rotatable bonds is 7. The fourth-order valence-corrected chi connectivity index (χ4v) is 3.54. The number of hydrogen-bond acceptors (Lipinski definition) is 3. The molecular formula is C21H26F3IN4O2. The van der Waals surface area contributed by atoms with Crippen molar-refractivity contribution >= 4 is 35.8 Å². The standard InChI is InChI=1S/C21H25F3N4O2.HI/c1-2-26-19(27-12-16-7-8-17(30-16)18(25)29)28-13-20(9-4-10-20)14-5-3-6-15(11-14)21(22,23)24;/h3,5-8,11H,2,4,9-10,12-13H2,1H3,(H2,25,29)(H2,26,27,28);1H. The van der Waals surface area contributed by atoms with Gasteiger partial charge < -0.3 is 20.8 Å². The molecule has 170 valence electrons. The van der Waals surface area contributed by atoms with Gasteiger partial charge in [0.2, 0.25) is 0 Å². The number of amides is 1. The average Bonchev–Trinajstić information content (AvgIpc) is 3.14. The van der Waals surface area contributed by atoms with E-state index in [-0.39, 0.29) is 41.7 Å². The third kappa shape index (κ3) is 6.14. The largest absolute Gasteiger partial charge is 0.454 e. The summed E-state index contributed by atoms with van der Waals surface area (Å²) in [5.41, 5.74) is 4.87. The minimum absolute atomic E-state index is 0. The second kappa shape index (κ2) is 10.4. The van der Waals surface area contributed by atoms with Crippen LogP contribution in [0.1, 0.15) is 53.6 Å². The highest BCUT2D eigenvalue weighted by Gasteiger charge is 2.40. The first-order chi connectivity index (χ1) is 14.2. The van der Waals surface area contributed by atoms with Crippen LogP contribution in [0.2, 0.25) is 0 Å². The summed E-state index contributed by atoms with van der Waals surface area (Å²) >= 11 is 0. The summed E-state index contributed by atoms with van der Waals surface area (Å²) in [6.07, 6.45) is -1.78. The van der Waals surface area contributed by atoms with Crippen molar-refractivity contribution in [3.8, 4) is 0 Å². The number of nitrogens with zero attached hydrogens (tertiary/aromatic N) is 1. The highest BCUT2D eigenvalue weighted by molar-refractivity contribution is 14.0. The van der Waals surface area contributed by atoms with Gasteiger partial charge >= 0.3 is 6.18 Å². The van der Waals surface area contributed by atoms with Crippen LogP contribution in [-0.2, 0) is 18.1 Å². The van der Waals surface area contributed by atoms with Crippen molar-refractivity contribution < 1.29 is 22.4 Å². The summed E-state index contributed by atoms with van der Waals surface area (Å²) in [7, 11) is 0. The molecule has 6 nitrogen and oxygen atoms in total. The second-order valence-corrected chi connectivity index (χ2v) is 7.39. The summed E-state index contributed by atoms with van der Waals surface area (Å²) in [5, 5.41) is 6.36. The van der Waals surface area contributed by atoms with Crippen LogP contribution in [0.5, 0.6) is 0 Å². The molecule has 0 saturated heterocycles. The van der Waals surface area contributed by atoms with Crippen LogP contribution in [0.25, 0.3) is 0 Å². The smallest absolute Gasteiger partial charge is 0.416 e. The fourth-order valence-electron chi connectivity index (χ4n) is 3.54. The maximum atomic E-state index is 13.1. The molecule has 2 aromatic rings. The molecule has 0 unspecified atom stereocenters. The van der Waals surface area contributed by atoms with Crippen LogP contribution >= 0.6 is 24.0 Å². The Balaban J connectivity index is 0.00000341. The van der Waals surface area contributed by atoms with Gasteiger partial charge in [0.1, 0.15) is 12.3 Å². The first-order valence-corrected chi connectivity index (χ1v) is 9.82. The van der Waals surface area contributed by atoms with E-state index >= 15 is 0 Å². The van der Waals surface area contributed by atoms with Crippen LogP contribution < -0.4 is 16.4 Å². The molecule has 1 saturated carbocycles. The summed E-state index contributed by atoms with van der Waals surface area (Å²) < 4.78 is 44.7. The number of benzene rings is 1. The Kier molecular flexibility index (Phi) is 8.38. The number of carbonyl (C=O) groups is 1. The van der Waals surface area contributed by atoms with Gasteiger partial charge in [-0.1, -0.05) is 24.6 Å². The maximum absolute atomic E-state index is 13.1. The summed E-state index contributed by atoms with van der Waals surface area (Å²) in [4.78, 5) is 15.6. The number of guanidine groups is 1. The van der Waals surface area contributed by atoms with E-state index in [1.54, 1.807) is 12.1 Å². The van der Waals surface area contributed by atoms with Gasteiger partial charge in [-0.3, -0.25) is 4.79 Å². The SMILES string of the molecule is CCNC(=NCc1ccc(C(N)=O)o1)NCC1(c2cccc(C(F)(F)F)c2)CCC1.I. The molecule has 1 aromatic heterocycles. The van der Waals surface area contributed by atoms with Crippen molar-refractivity contribution in [2.45, 2.75) is 44.3 Å². The van der Waals surface area contributed by atoms with Crippen molar-refractivity contribution in [1.82, 2.24) is 10.6 Å². The molecule has 3 rings (SSSR count). The number of nitrogens with one attached hydrogen (secondary N) is 2. The lowest BCUT2D eigenvalue weighted by Gasteiger charge is -2.43. The molecule has 10 heteroatoms. The minimum Gasteiger partial charge on any atom is -0.454 e. The molecule has 0 bridgehead atoms. The van der Waals surface area contributed by atoms with E-state index in [0.29, 0.717) is 30.4 Å². The van der Waals surface area contributed by atoms with Crippen molar-refractivity contribution in [2.75, 3.05) is 13.1 Å². The number of halogens is 4. The topological polar surface area (TPSA) is 92.6 Å². The molecule has 0 radical (unpaired) electrons. The number of aliphatic imine (C=N–C) groups is 1. The Morgan fingerprint density at radius 3 is 2.52 bits per heavy atom. The summed E-state index contributed by atoms with van der Waals surface area (Å²) in [5.74, 6) is 0.421. The molecule has 0 spiro atoms. The van der Waals surface area contributed by atoms with E-state index in [1.165, 1.54) is 18.2 Å². The number of hydrogen-bond donors (Lipinski definition) is 3. The van der Waals surface area contributed by atoms with Gasteiger partial charge in [-0.05, 0) is 43.5 Å². The van der Waals surface area contributed by atoms with Crippen LogP contribution in [0.4, 0.5) is 13.2 Å². The third-order valence-electron chi connectivity index (χ3n) is 5.35. The molecule has 1 aliphatic rings. The lowest BCUT2D eigenvalue weighted by Crippen LogP contribution is -2.49. The van der Waals surface area contributed by atoms with Crippen LogP contribution in [0.15, 0.2) is 45.8 Å². The lowest BCUT2D eigenvalue weighted by molar-refractivity contribution is -0.137. The molecule has 0 atom stereocenters. The number of furan rings is 1. The molecular weight excluding hydrogens is 524 g/mol. The highest BCUT2D eigenvalue weighted by atomic mass is 127. The number of primary amides is 1. The zero-order valence-corrected chi connectivity index (χ0v) is 19.4. The summed E-state index contributed by atoms with van der Waals surface area (Å²) in [6.45, 7) is 3.19. The van der Waals surface area contributed by atoms with Gasteiger partial charge in [0, 0.05) is 18.5 Å². The van der Waals surface area contributed by atoms with E-state index in [0.717, 1.165) is 25.3 Å². The predicted octanol–water partition coefficient (Wildman–Crippen LogP) is 4.19. The van der Waals surface area contributed by atoms with E-state index in [9.17, 15) is 18.0 Å². The fraction of sp³-hybridized carbons (Fsp3) is 0.429. The monoisotopic (exact) mass is 550 g/mol. The van der Waals surface area contributed by atoms with Gasteiger partial charge in [0.05, 0.1) is 5.56 Å². The Morgan fingerprint density at radius 1 is 1.23 bits per heavy atom. The van der Waals surface area contributed by atoms with Gasteiger partial charge in [-0.2, -0.15) is 13.2 Å². The predicted molar refractivity (Wildman–Crippen MR) is 122 cm³/mol. The van der Waals surface area contributed by atoms with E-state index in [1.807, 2.05) is 6.92 Å². The van der Waals surface area contributed by atoms with E-state index < -0.39 is 17.6 Å². The van der Waals surface area contributed by atoms with E-state index in [2.05, 4.69) is 15.6 Å². The van der Waals surface area contributed by atoms with Gasteiger partial charge in [0.15, 0.2) is 11.7 Å². The Hall–Kier alpha value is -2.24. The van der Waals surface area contributed by atoms with Crippen LogP contribution in [-0.4, -0.2) is 25.0 Å². The molecule has 1 heterocycles. The Morgan fingerprint density at radius 2 is 1.97 bits per heavy atom. The van der Waals surface area contributed by atoms with Gasteiger partial charge in [-0.15, -0.1) is 24.0 Å². The number of nitrogens with two attached hydrogens (primary N) is 1. The number of alkyl halides is 3. The molecule has 1 fully saturated rings. The molecule has 1 aliphatic carbocycles. The zero-order valence-electron chi connectivity index (χ0n) is 17.1. The quantitative estimate of drug-likeness (QED) is 0.274. The third-order valence-corrected chi connectivity index (χ3v) is 5.35. The highest BCUT2D eigenvalue weighted by Crippen LogP contribution is 2.44. The molecule has 0 aliphatic heterocycles.